The summed E-state index contributed by atoms with van der Waals surface area (Å²) in [5.74, 6) is 2.58. The second-order valence-electron chi connectivity index (χ2n) is 5.12. The highest BCUT2D eigenvalue weighted by Crippen LogP contribution is 2.19. The molecule has 3 heterocycles. The van der Waals surface area contributed by atoms with E-state index in [0.717, 1.165) is 22.7 Å². The summed E-state index contributed by atoms with van der Waals surface area (Å²) >= 11 is 1.53. The smallest absolute Gasteiger partial charge is 0.230 e. The highest BCUT2D eigenvalue weighted by Gasteiger charge is 2.11. The topological polar surface area (TPSA) is 85.3 Å². The first-order valence-electron chi connectivity index (χ1n) is 7.20. The molecule has 0 unspecified atom stereocenters. The number of fused-ring (bicyclic) bond motifs is 1. The van der Waals surface area contributed by atoms with Crippen LogP contribution < -0.4 is 5.32 Å². The lowest BCUT2D eigenvalue weighted by Gasteiger charge is -2.04. The van der Waals surface area contributed by atoms with E-state index in [0.29, 0.717) is 23.9 Å². The molecule has 3 aromatic rings. The molecule has 0 saturated carbocycles. The molecule has 0 saturated heterocycles. The van der Waals surface area contributed by atoms with Gasteiger partial charge in [0, 0.05) is 17.5 Å². The fourth-order valence-electron chi connectivity index (χ4n) is 2.19. The Bertz CT molecular complexity index is 807. The first-order valence-corrected chi connectivity index (χ1v) is 8.35. The molecule has 120 valence electrons. The van der Waals surface area contributed by atoms with Crippen molar-refractivity contribution in [3.05, 3.63) is 47.2 Å². The van der Waals surface area contributed by atoms with Crippen LogP contribution in [-0.4, -0.2) is 31.4 Å². The normalized spacial score (nSPS) is 11.0. The molecule has 0 bridgehead atoms. The molecular formula is C15H17N5O2S. The van der Waals surface area contributed by atoms with E-state index in [4.69, 9.17) is 4.52 Å². The number of hydrogen-bond donors (Lipinski definition) is 1. The highest BCUT2D eigenvalue weighted by atomic mass is 32.2. The number of aromatic nitrogens is 4. The summed E-state index contributed by atoms with van der Waals surface area (Å²) in [6.45, 7) is 4.14. The molecule has 1 N–H and O–H groups in total. The van der Waals surface area contributed by atoms with Gasteiger partial charge in [-0.3, -0.25) is 9.20 Å². The summed E-state index contributed by atoms with van der Waals surface area (Å²) in [7, 11) is 0. The van der Waals surface area contributed by atoms with E-state index >= 15 is 0 Å². The number of amides is 1. The third-order valence-electron chi connectivity index (χ3n) is 3.49. The average molecular weight is 331 g/mol. The maximum atomic E-state index is 11.9. The number of pyridine rings is 1. The zero-order chi connectivity index (χ0) is 16.2. The first-order chi connectivity index (χ1) is 11.1. The van der Waals surface area contributed by atoms with Crippen LogP contribution in [-0.2, 0) is 17.1 Å². The zero-order valence-corrected chi connectivity index (χ0v) is 13.8. The molecule has 0 atom stereocenters. The van der Waals surface area contributed by atoms with Gasteiger partial charge in [-0.25, -0.2) is 0 Å². The van der Waals surface area contributed by atoms with Crippen molar-refractivity contribution in [1.82, 2.24) is 25.1 Å². The number of thioether (sulfide) groups is 1. The van der Waals surface area contributed by atoms with Crippen LogP contribution in [0.2, 0.25) is 0 Å². The molecule has 0 spiro atoms. The minimum atomic E-state index is -0.0329. The van der Waals surface area contributed by atoms with Crippen molar-refractivity contribution < 1.29 is 9.32 Å². The van der Waals surface area contributed by atoms with Gasteiger partial charge in [-0.1, -0.05) is 11.2 Å². The molecule has 0 aromatic carbocycles. The van der Waals surface area contributed by atoms with Gasteiger partial charge in [0.05, 0.1) is 18.0 Å². The van der Waals surface area contributed by atoms with Crippen LogP contribution in [0.25, 0.3) is 5.65 Å². The van der Waals surface area contributed by atoms with E-state index < -0.39 is 0 Å². The molecule has 0 fully saturated rings. The SMILES string of the molecule is Cc1noc(C)c1CSCC(=O)NCc1nnc2ccccn12. The molecule has 3 aromatic heterocycles. The third-order valence-corrected chi connectivity index (χ3v) is 4.45. The van der Waals surface area contributed by atoms with Gasteiger partial charge in [0.25, 0.3) is 0 Å². The highest BCUT2D eigenvalue weighted by molar-refractivity contribution is 7.99. The predicted molar refractivity (Wildman–Crippen MR) is 87.0 cm³/mol. The van der Waals surface area contributed by atoms with Crippen molar-refractivity contribution in [2.45, 2.75) is 26.1 Å². The lowest BCUT2D eigenvalue weighted by Crippen LogP contribution is -2.25. The molecule has 8 heteroatoms. The first kappa shape index (κ1) is 15.5. The van der Waals surface area contributed by atoms with Crippen LogP contribution in [0.5, 0.6) is 0 Å². The van der Waals surface area contributed by atoms with Crippen molar-refractivity contribution >= 4 is 23.3 Å². The van der Waals surface area contributed by atoms with E-state index in [2.05, 4.69) is 20.7 Å². The summed E-state index contributed by atoms with van der Waals surface area (Å²) in [4.78, 5) is 11.9. The molecule has 7 nitrogen and oxygen atoms in total. The van der Waals surface area contributed by atoms with Gasteiger partial charge in [-0.15, -0.1) is 22.0 Å². The van der Waals surface area contributed by atoms with Crippen LogP contribution in [0.3, 0.4) is 0 Å². The Hall–Kier alpha value is -2.35. The molecular weight excluding hydrogens is 314 g/mol. The molecule has 3 rings (SSSR count). The van der Waals surface area contributed by atoms with Crippen LogP contribution in [0, 0.1) is 13.8 Å². The van der Waals surface area contributed by atoms with Crippen molar-refractivity contribution in [3.63, 3.8) is 0 Å². The maximum absolute atomic E-state index is 11.9. The zero-order valence-electron chi connectivity index (χ0n) is 12.9. The minimum Gasteiger partial charge on any atom is -0.361 e. The molecule has 0 aliphatic rings. The number of aryl methyl sites for hydroxylation is 2. The summed E-state index contributed by atoms with van der Waals surface area (Å²) in [5.41, 5.74) is 2.71. The van der Waals surface area contributed by atoms with E-state index in [1.807, 2.05) is 42.6 Å². The van der Waals surface area contributed by atoms with Crippen LogP contribution in [0.4, 0.5) is 0 Å². The van der Waals surface area contributed by atoms with E-state index in [1.165, 1.54) is 11.8 Å². The summed E-state index contributed by atoms with van der Waals surface area (Å²) in [6, 6.07) is 5.68. The predicted octanol–water partition coefficient (Wildman–Crippen LogP) is 1.88. The standard InChI is InChI=1S/C15H17N5O2S/c1-10-12(11(2)22-19-10)8-23-9-15(21)16-7-14-18-17-13-5-3-4-6-20(13)14/h3-6H,7-9H2,1-2H3,(H,16,21). The monoisotopic (exact) mass is 331 g/mol. The quantitative estimate of drug-likeness (QED) is 0.742. The van der Waals surface area contributed by atoms with E-state index in [9.17, 15) is 4.79 Å². The van der Waals surface area contributed by atoms with Crippen LogP contribution in [0.15, 0.2) is 28.9 Å². The van der Waals surface area contributed by atoms with Gasteiger partial charge in [-0.2, -0.15) is 0 Å². The Morgan fingerprint density at radius 1 is 1.35 bits per heavy atom. The number of nitrogens with zero attached hydrogens (tertiary/aromatic N) is 4. The molecule has 0 aliphatic heterocycles. The second kappa shape index (κ2) is 6.82. The van der Waals surface area contributed by atoms with E-state index in [1.54, 1.807) is 0 Å². The van der Waals surface area contributed by atoms with Crippen LogP contribution in [0.1, 0.15) is 22.8 Å². The Kier molecular flexibility index (Phi) is 4.61. The second-order valence-corrected chi connectivity index (χ2v) is 6.10. The fourth-order valence-corrected chi connectivity index (χ4v) is 3.20. The number of nitrogens with one attached hydrogen (secondary N) is 1. The fraction of sp³-hybridized carbons (Fsp3) is 0.333. The lowest BCUT2D eigenvalue weighted by atomic mass is 10.2. The Morgan fingerprint density at radius 3 is 3.00 bits per heavy atom. The molecule has 0 radical (unpaired) electrons. The summed E-state index contributed by atoms with van der Waals surface area (Å²) < 4.78 is 6.97. The number of rotatable bonds is 6. The largest absolute Gasteiger partial charge is 0.361 e. The Balaban J connectivity index is 1.48. The van der Waals surface area contributed by atoms with Crippen molar-refractivity contribution in [1.29, 1.82) is 0 Å². The minimum absolute atomic E-state index is 0.0329. The lowest BCUT2D eigenvalue weighted by molar-refractivity contribution is -0.118. The molecule has 23 heavy (non-hydrogen) atoms. The van der Waals surface area contributed by atoms with Gasteiger partial charge in [0.15, 0.2) is 11.5 Å². The Morgan fingerprint density at radius 2 is 2.22 bits per heavy atom. The third kappa shape index (κ3) is 3.53. The van der Waals surface area contributed by atoms with Gasteiger partial charge >= 0.3 is 0 Å². The van der Waals surface area contributed by atoms with Crippen LogP contribution >= 0.6 is 11.8 Å². The van der Waals surface area contributed by atoms with Crippen molar-refractivity contribution in [2.75, 3.05) is 5.75 Å². The Labute approximate surface area is 137 Å². The number of carbonyl (C=O) groups excluding carboxylic acids is 1. The van der Waals surface area contributed by atoms with E-state index in [-0.39, 0.29) is 5.91 Å². The molecule has 1 amide bonds. The van der Waals surface area contributed by atoms with Gasteiger partial charge < -0.3 is 9.84 Å². The van der Waals surface area contributed by atoms with Crippen molar-refractivity contribution in [3.8, 4) is 0 Å². The number of carbonyl (C=O) groups is 1. The van der Waals surface area contributed by atoms with Gasteiger partial charge in [-0.05, 0) is 26.0 Å². The van der Waals surface area contributed by atoms with Gasteiger partial charge in [0.2, 0.25) is 5.91 Å². The number of hydrogen-bond acceptors (Lipinski definition) is 6. The summed E-state index contributed by atoms with van der Waals surface area (Å²) in [6.07, 6.45) is 1.88. The maximum Gasteiger partial charge on any atom is 0.230 e. The summed E-state index contributed by atoms with van der Waals surface area (Å²) in [5, 5.41) is 14.9. The van der Waals surface area contributed by atoms with Gasteiger partial charge in [0.1, 0.15) is 5.76 Å². The molecule has 0 aliphatic carbocycles. The van der Waals surface area contributed by atoms with Crippen molar-refractivity contribution in [2.24, 2.45) is 0 Å². The average Bonchev–Trinajstić information content (AvgIpc) is 3.11.